The largest absolute Gasteiger partial charge is 0.329 e. The van der Waals surface area contributed by atoms with E-state index in [0.717, 1.165) is 17.3 Å². The van der Waals surface area contributed by atoms with Crippen LogP contribution in [0, 0.1) is 0 Å². The van der Waals surface area contributed by atoms with Crippen LogP contribution in [0.2, 0.25) is 0 Å². The summed E-state index contributed by atoms with van der Waals surface area (Å²) in [5, 5.41) is 16.4. The smallest absolute Gasteiger partial charge is 0.209 e. The Labute approximate surface area is 103 Å². The van der Waals surface area contributed by atoms with Gasteiger partial charge in [-0.1, -0.05) is 11.8 Å². The van der Waals surface area contributed by atoms with Gasteiger partial charge in [0.15, 0.2) is 0 Å². The van der Waals surface area contributed by atoms with Crippen LogP contribution >= 0.6 is 11.8 Å². The first-order valence-corrected chi connectivity index (χ1v) is 6.34. The molecule has 2 N–H and O–H groups in total. The molecule has 0 unspecified atom stereocenters. The molecular weight excluding hydrogens is 238 g/mol. The van der Waals surface area contributed by atoms with Crippen molar-refractivity contribution < 1.29 is 0 Å². The van der Waals surface area contributed by atoms with E-state index in [2.05, 4.69) is 20.6 Å². The Morgan fingerprint density at radius 2 is 2.35 bits per heavy atom. The van der Waals surface area contributed by atoms with Crippen LogP contribution in [0.25, 0.3) is 0 Å². The summed E-state index contributed by atoms with van der Waals surface area (Å²) >= 11 is 1.63. The van der Waals surface area contributed by atoms with Crippen LogP contribution in [0.15, 0.2) is 17.6 Å². The van der Waals surface area contributed by atoms with E-state index in [1.165, 1.54) is 5.56 Å². The molecule has 92 valence electrons. The van der Waals surface area contributed by atoms with Crippen LogP contribution in [0.1, 0.15) is 5.56 Å². The molecule has 0 aliphatic carbocycles. The van der Waals surface area contributed by atoms with Gasteiger partial charge in [-0.3, -0.25) is 4.68 Å². The van der Waals surface area contributed by atoms with Crippen molar-refractivity contribution in [1.82, 2.24) is 30.0 Å². The van der Waals surface area contributed by atoms with E-state index in [0.29, 0.717) is 13.1 Å². The van der Waals surface area contributed by atoms with Crippen LogP contribution in [0.3, 0.4) is 0 Å². The predicted octanol–water partition coefficient (Wildman–Crippen LogP) is -0.300. The highest BCUT2D eigenvalue weighted by Gasteiger charge is 2.06. The van der Waals surface area contributed by atoms with Crippen molar-refractivity contribution in [2.24, 2.45) is 12.8 Å². The van der Waals surface area contributed by atoms with Crippen LogP contribution in [0.5, 0.6) is 0 Å². The van der Waals surface area contributed by atoms with Crippen molar-refractivity contribution in [2.45, 2.75) is 18.1 Å². The Morgan fingerprint density at radius 3 is 3.06 bits per heavy atom. The molecule has 0 aliphatic heterocycles. The Hall–Kier alpha value is -1.41. The van der Waals surface area contributed by atoms with Crippen molar-refractivity contribution in [3.8, 4) is 0 Å². The average Bonchev–Trinajstić information content (AvgIpc) is 2.90. The number of hydrogen-bond donors (Lipinski definition) is 1. The summed E-state index contributed by atoms with van der Waals surface area (Å²) in [5.74, 6) is 0.927. The molecule has 2 heterocycles. The second kappa shape index (κ2) is 5.78. The van der Waals surface area contributed by atoms with Gasteiger partial charge >= 0.3 is 0 Å². The molecule has 8 heteroatoms. The van der Waals surface area contributed by atoms with Crippen molar-refractivity contribution in [3.63, 3.8) is 0 Å². The van der Waals surface area contributed by atoms with Crippen LogP contribution in [0.4, 0.5) is 0 Å². The normalized spacial score (nSPS) is 10.9. The van der Waals surface area contributed by atoms with E-state index >= 15 is 0 Å². The molecule has 0 radical (unpaired) electrons. The van der Waals surface area contributed by atoms with E-state index < -0.39 is 0 Å². The number of nitrogens with zero attached hydrogens (tertiary/aromatic N) is 6. The van der Waals surface area contributed by atoms with Crippen molar-refractivity contribution in [1.29, 1.82) is 0 Å². The lowest BCUT2D eigenvalue weighted by Crippen LogP contribution is -2.12. The molecule has 0 saturated heterocycles. The van der Waals surface area contributed by atoms with Crippen LogP contribution < -0.4 is 5.73 Å². The zero-order valence-corrected chi connectivity index (χ0v) is 10.5. The number of hydrogen-bond acceptors (Lipinski definition) is 6. The number of thioether (sulfide) groups is 1. The highest BCUT2D eigenvalue weighted by molar-refractivity contribution is 7.99. The Kier molecular flexibility index (Phi) is 4.10. The van der Waals surface area contributed by atoms with Crippen molar-refractivity contribution in [3.05, 3.63) is 18.0 Å². The van der Waals surface area contributed by atoms with Crippen LogP contribution in [-0.2, 0) is 20.0 Å². The van der Waals surface area contributed by atoms with E-state index in [1.54, 1.807) is 21.1 Å². The Morgan fingerprint density at radius 1 is 1.47 bits per heavy atom. The molecule has 0 aromatic carbocycles. The van der Waals surface area contributed by atoms with Gasteiger partial charge in [-0.05, 0) is 22.4 Å². The molecule has 0 fully saturated rings. The molecule has 17 heavy (non-hydrogen) atoms. The minimum Gasteiger partial charge on any atom is -0.329 e. The standard InChI is InChI=1S/C9H15N7S/c1-15-7-8(6-11-15)2-5-17-9-12-13-14-16(9)4-3-10/h6-7H,2-5,10H2,1H3. The van der Waals surface area contributed by atoms with E-state index in [-0.39, 0.29) is 0 Å². The van der Waals surface area contributed by atoms with Gasteiger partial charge in [-0.15, -0.1) is 5.10 Å². The van der Waals surface area contributed by atoms with Crippen LogP contribution in [-0.4, -0.2) is 42.3 Å². The number of rotatable bonds is 6. The summed E-state index contributed by atoms with van der Waals surface area (Å²) in [7, 11) is 1.92. The molecule has 0 amide bonds. The second-order valence-corrected chi connectivity index (χ2v) is 4.66. The van der Waals surface area contributed by atoms with Crippen molar-refractivity contribution in [2.75, 3.05) is 12.3 Å². The lowest BCUT2D eigenvalue weighted by atomic mass is 10.3. The molecule has 0 aliphatic rings. The molecule has 2 aromatic heterocycles. The molecule has 0 spiro atoms. The quantitative estimate of drug-likeness (QED) is 0.711. The Balaban J connectivity index is 1.83. The highest BCUT2D eigenvalue weighted by atomic mass is 32.2. The van der Waals surface area contributed by atoms with Gasteiger partial charge in [0.25, 0.3) is 0 Å². The molecule has 2 rings (SSSR count). The first-order valence-electron chi connectivity index (χ1n) is 5.36. The summed E-state index contributed by atoms with van der Waals surface area (Å²) in [6.45, 7) is 1.20. The summed E-state index contributed by atoms with van der Waals surface area (Å²) in [6.07, 6.45) is 4.85. The minimum atomic E-state index is 0.543. The van der Waals surface area contributed by atoms with E-state index in [4.69, 9.17) is 5.73 Å². The minimum absolute atomic E-state index is 0.543. The van der Waals surface area contributed by atoms with Crippen molar-refractivity contribution >= 4 is 11.8 Å². The van der Waals surface area contributed by atoms with Gasteiger partial charge in [0.1, 0.15) is 0 Å². The predicted molar refractivity (Wildman–Crippen MR) is 64.5 cm³/mol. The maximum absolute atomic E-state index is 5.47. The van der Waals surface area contributed by atoms with E-state index in [1.807, 2.05) is 19.4 Å². The fourth-order valence-electron chi connectivity index (χ4n) is 1.42. The fourth-order valence-corrected chi connectivity index (χ4v) is 2.32. The van der Waals surface area contributed by atoms with E-state index in [9.17, 15) is 0 Å². The van der Waals surface area contributed by atoms with Gasteiger partial charge in [-0.25, -0.2) is 4.68 Å². The SMILES string of the molecule is Cn1cc(CCSc2nnnn2CCN)cn1. The summed E-state index contributed by atoms with van der Waals surface area (Å²) in [4.78, 5) is 0. The molecule has 7 nitrogen and oxygen atoms in total. The number of tetrazole rings is 1. The summed E-state index contributed by atoms with van der Waals surface area (Å²) in [5.41, 5.74) is 6.69. The average molecular weight is 253 g/mol. The van der Waals surface area contributed by atoms with Gasteiger partial charge in [-0.2, -0.15) is 5.10 Å². The number of aromatic nitrogens is 6. The number of nitrogens with two attached hydrogens (primary N) is 1. The maximum Gasteiger partial charge on any atom is 0.209 e. The fraction of sp³-hybridized carbons (Fsp3) is 0.556. The summed E-state index contributed by atoms with van der Waals surface area (Å²) < 4.78 is 3.53. The van der Waals surface area contributed by atoms with Gasteiger partial charge in [0, 0.05) is 25.5 Å². The molecular formula is C9H15N7S. The lowest BCUT2D eigenvalue weighted by Gasteiger charge is -2.01. The number of aryl methyl sites for hydroxylation is 2. The third kappa shape index (κ3) is 3.27. The van der Waals surface area contributed by atoms with Gasteiger partial charge in [0.05, 0.1) is 12.7 Å². The maximum atomic E-state index is 5.47. The third-order valence-corrected chi connectivity index (χ3v) is 3.18. The first-order chi connectivity index (χ1) is 8.29. The topological polar surface area (TPSA) is 87.4 Å². The second-order valence-electron chi connectivity index (χ2n) is 3.59. The third-order valence-electron chi connectivity index (χ3n) is 2.22. The summed E-state index contributed by atoms with van der Waals surface area (Å²) in [6, 6.07) is 0. The molecule has 0 bridgehead atoms. The molecule has 2 aromatic rings. The molecule has 0 saturated carbocycles. The van der Waals surface area contributed by atoms with Gasteiger partial charge in [0.2, 0.25) is 5.16 Å². The zero-order chi connectivity index (χ0) is 12.1. The highest BCUT2D eigenvalue weighted by Crippen LogP contribution is 2.15. The first kappa shape index (κ1) is 12.1. The lowest BCUT2D eigenvalue weighted by molar-refractivity contribution is 0.557. The van der Waals surface area contributed by atoms with Gasteiger partial charge < -0.3 is 5.73 Å². The molecule has 0 atom stereocenters. The Bertz CT molecular complexity index is 463. The monoisotopic (exact) mass is 253 g/mol. The zero-order valence-electron chi connectivity index (χ0n) is 9.65.